The number of halogens is 1. The highest BCUT2D eigenvalue weighted by Gasteiger charge is 2.35. The SMILES string of the molecule is C[C@H]1CN[C@H](C(=O)O)Cc2ccc(O)c(c2)-c2cc(ccc2O)[C@H](N(C)C(=O)[C@H](CCN)NC(=O)c2ccc(-c3ccc(Cl)cc3)cc2)C(=O)N1. The monoisotopic (exact) mass is 713 g/mol. The molecule has 266 valence electrons. The van der Waals surface area contributed by atoms with E-state index >= 15 is 0 Å². The number of phenols is 2. The molecule has 0 fully saturated rings. The number of nitrogens with two attached hydrogens (primary N) is 1. The van der Waals surface area contributed by atoms with Crippen LogP contribution < -0.4 is 21.7 Å². The topological polar surface area (TPSA) is 194 Å². The Balaban J connectivity index is 1.46. The number of aliphatic carboxylic acids is 1. The summed E-state index contributed by atoms with van der Waals surface area (Å²) in [5.41, 5.74) is 9.26. The number of aromatic hydroxyl groups is 2. The predicted molar refractivity (Wildman–Crippen MR) is 193 cm³/mol. The molecule has 0 spiro atoms. The number of carbonyl (C=O) groups excluding carboxylic acids is 3. The standard InChI is InChI=1S/C38H40ClN5O7/c1-21-20-41-31(38(50)51)18-22-3-13-32(45)28(17-22)29-19-26(10-14-33(29)46)34(36(48)42-21)44(2)37(49)30(15-16-40)43-35(47)25-6-4-23(5-7-25)24-8-11-27(39)12-9-24/h3-14,17,19,21,30-31,34,41,45-46H,15-16,18,20,40H2,1-2H3,(H,42,48)(H,43,47)(H,50,51)/t21-,30-,31-,34-/m0/s1. The second kappa shape index (κ2) is 16.1. The number of nitrogens with zero attached hydrogens (tertiary/aromatic N) is 1. The summed E-state index contributed by atoms with van der Waals surface area (Å²) in [4.78, 5) is 54.8. The van der Waals surface area contributed by atoms with Crippen LogP contribution in [0.15, 0.2) is 84.9 Å². The minimum Gasteiger partial charge on any atom is -0.507 e. The van der Waals surface area contributed by atoms with Crippen LogP contribution in [0, 0.1) is 0 Å². The van der Waals surface area contributed by atoms with Crippen molar-refractivity contribution in [2.24, 2.45) is 5.73 Å². The van der Waals surface area contributed by atoms with Gasteiger partial charge in [-0.3, -0.25) is 19.2 Å². The van der Waals surface area contributed by atoms with Crippen molar-refractivity contribution in [3.05, 3.63) is 107 Å². The van der Waals surface area contributed by atoms with E-state index in [2.05, 4.69) is 16.0 Å². The van der Waals surface area contributed by atoms with Crippen molar-refractivity contribution in [1.82, 2.24) is 20.9 Å². The number of hydrogen-bond donors (Lipinski definition) is 7. The molecular formula is C38H40ClN5O7. The smallest absolute Gasteiger partial charge is 0.321 e. The van der Waals surface area contributed by atoms with Gasteiger partial charge in [0, 0.05) is 41.3 Å². The average Bonchev–Trinajstić information content (AvgIpc) is 3.11. The van der Waals surface area contributed by atoms with Crippen LogP contribution in [0.1, 0.15) is 40.9 Å². The molecule has 4 bridgehead atoms. The molecule has 1 aliphatic heterocycles. The lowest BCUT2D eigenvalue weighted by Gasteiger charge is -2.32. The maximum Gasteiger partial charge on any atom is 0.321 e. The minimum absolute atomic E-state index is 0.0588. The number of phenolic OH excluding ortho intramolecular Hbond substituents is 2. The molecule has 0 saturated heterocycles. The van der Waals surface area contributed by atoms with E-state index in [4.69, 9.17) is 17.3 Å². The number of hydrogen-bond acceptors (Lipinski definition) is 8. The van der Waals surface area contributed by atoms with Crippen LogP contribution in [0.3, 0.4) is 0 Å². The average molecular weight is 714 g/mol. The molecule has 5 rings (SSSR count). The van der Waals surface area contributed by atoms with Crippen LogP contribution in [0.4, 0.5) is 0 Å². The van der Waals surface area contributed by atoms with Crippen LogP contribution in [0.5, 0.6) is 11.5 Å². The normalized spacial score (nSPS) is 18.1. The van der Waals surface area contributed by atoms with E-state index in [0.717, 1.165) is 11.1 Å². The number of carboxylic acids is 1. The summed E-state index contributed by atoms with van der Waals surface area (Å²) in [6.07, 6.45) is 0.148. The Bertz CT molecular complexity index is 1920. The fraction of sp³-hybridized carbons (Fsp3) is 0.263. The summed E-state index contributed by atoms with van der Waals surface area (Å²) in [6, 6.07) is 19.2. The van der Waals surface area contributed by atoms with E-state index in [1.807, 2.05) is 12.1 Å². The number of amides is 3. The van der Waals surface area contributed by atoms with E-state index in [1.54, 1.807) is 55.5 Å². The van der Waals surface area contributed by atoms with E-state index < -0.39 is 47.9 Å². The third-order valence-electron chi connectivity index (χ3n) is 8.85. The summed E-state index contributed by atoms with van der Waals surface area (Å²) in [5.74, 6) is -3.18. The van der Waals surface area contributed by atoms with Crippen LogP contribution in [-0.4, -0.2) is 82.2 Å². The number of fused-ring (bicyclic) bond motifs is 5. The third-order valence-corrected chi connectivity index (χ3v) is 9.10. The highest BCUT2D eigenvalue weighted by Crippen LogP contribution is 2.39. The van der Waals surface area contributed by atoms with Gasteiger partial charge in [-0.05, 0) is 97.1 Å². The quantitative estimate of drug-likeness (QED) is 0.142. The van der Waals surface area contributed by atoms with Crippen LogP contribution in [0.2, 0.25) is 5.02 Å². The molecule has 13 heteroatoms. The van der Waals surface area contributed by atoms with Crippen molar-refractivity contribution in [1.29, 1.82) is 0 Å². The maximum absolute atomic E-state index is 14.1. The zero-order chi connectivity index (χ0) is 36.8. The van der Waals surface area contributed by atoms with Gasteiger partial charge in [-0.15, -0.1) is 0 Å². The van der Waals surface area contributed by atoms with Gasteiger partial charge in [0.2, 0.25) is 11.8 Å². The molecule has 4 aromatic carbocycles. The summed E-state index contributed by atoms with van der Waals surface area (Å²) in [7, 11) is 1.43. The molecule has 51 heavy (non-hydrogen) atoms. The largest absolute Gasteiger partial charge is 0.507 e. The Hall–Kier alpha value is -5.43. The number of carbonyl (C=O) groups is 4. The van der Waals surface area contributed by atoms with Crippen molar-refractivity contribution in [3.8, 4) is 33.8 Å². The predicted octanol–water partition coefficient (Wildman–Crippen LogP) is 3.84. The molecule has 8 N–H and O–H groups in total. The van der Waals surface area contributed by atoms with Crippen LogP contribution in [-0.2, 0) is 20.8 Å². The highest BCUT2D eigenvalue weighted by atomic mass is 35.5. The van der Waals surface area contributed by atoms with Gasteiger partial charge in [0.15, 0.2) is 0 Å². The van der Waals surface area contributed by atoms with Gasteiger partial charge in [0.05, 0.1) is 0 Å². The van der Waals surface area contributed by atoms with Crippen molar-refractivity contribution >= 4 is 35.3 Å². The fourth-order valence-corrected chi connectivity index (χ4v) is 6.21. The first-order valence-electron chi connectivity index (χ1n) is 16.4. The lowest BCUT2D eigenvalue weighted by atomic mass is 9.93. The maximum atomic E-state index is 14.1. The van der Waals surface area contributed by atoms with Gasteiger partial charge in [0.25, 0.3) is 5.91 Å². The zero-order valence-electron chi connectivity index (χ0n) is 28.1. The Morgan fingerprint density at radius 3 is 2.18 bits per heavy atom. The Kier molecular flexibility index (Phi) is 11.6. The van der Waals surface area contributed by atoms with Crippen LogP contribution in [0.25, 0.3) is 22.3 Å². The van der Waals surface area contributed by atoms with E-state index in [0.29, 0.717) is 21.7 Å². The second-order valence-electron chi connectivity index (χ2n) is 12.6. The van der Waals surface area contributed by atoms with Gasteiger partial charge in [-0.2, -0.15) is 0 Å². The second-order valence-corrected chi connectivity index (χ2v) is 13.0. The fourth-order valence-electron chi connectivity index (χ4n) is 6.09. The van der Waals surface area contributed by atoms with Crippen molar-refractivity contribution < 1.29 is 34.5 Å². The van der Waals surface area contributed by atoms with Gasteiger partial charge >= 0.3 is 5.97 Å². The minimum atomic E-state index is -1.27. The summed E-state index contributed by atoms with van der Waals surface area (Å²) in [6.45, 7) is 1.86. The lowest BCUT2D eigenvalue weighted by Crippen LogP contribution is -2.53. The molecular weight excluding hydrogens is 674 g/mol. The molecule has 0 aromatic heterocycles. The summed E-state index contributed by atoms with van der Waals surface area (Å²) < 4.78 is 0. The molecule has 1 heterocycles. The van der Waals surface area contributed by atoms with E-state index in [1.165, 1.54) is 36.2 Å². The van der Waals surface area contributed by atoms with E-state index in [9.17, 15) is 34.5 Å². The Labute approximate surface area is 300 Å². The molecule has 0 unspecified atom stereocenters. The lowest BCUT2D eigenvalue weighted by molar-refractivity contribution is -0.141. The third kappa shape index (κ3) is 8.66. The first-order valence-corrected chi connectivity index (χ1v) is 16.8. The number of likely N-dealkylation sites (N-methyl/N-ethyl adjacent to an activating group) is 1. The van der Waals surface area contributed by atoms with Crippen molar-refractivity contribution in [3.63, 3.8) is 0 Å². The summed E-state index contributed by atoms with van der Waals surface area (Å²) >= 11 is 6.01. The molecule has 0 aliphatic carbocycles. The number of carboxylic acid groups (broad SMARTS) is 1. The molecule has 4 aromatic rings. The highest BCUT2D eigenvalue weighted by molar-refractivity contribution is 6.30. The molecule has 0 radical (unpaired) electrons. The molecule has 1 aliphatic rings. The van der Waals surface area contributed by atoms with Gasteiger partial charge in [-0.25, -0.2) is 0 Å². The van der Waals surface area contributed by atoms with E-state index in [-0.39, 0.29) is 48.6 Å². The molecule has 0 saturated carbocycles. The van der Waals surface area contributed by atoms with Crippen LogP contribution >= 0.6 is 11.6 Å². The first-order chi connectivity index (χ1) is 24.4. The Morgan fingerprint density at radius 2 is 1.55 bits per heavy atom. The van der Waals surface area contributed by atoms with Gasteiger partial charge in [0.1, 0.15) is 29.6 Å². The van der Waals surface area contributed by atoms with Crippen molar-refractivity contribution in [2.45, 2.75) is 43.9 Å². The first kappa shape index (κ1) is 36.8. The molecule has 4 atom stereocenters. The molecule has 12 nitrogen and oxygen atoms in total. The Morgan fingerprint density at radius 1 is 0.941 bits per heavy atom. The zero-order valence-corrected chi connectivity index (χ0v) is 28.9. The van der Waals surface area contributed by atoms with Crippen molar-refractivity contribution in [2.75, 3.05) is 20.1 Å². The number of nitrogens with one attached hydrogen (secondary N) is 3. The van der Waals surface area contributed by atoms with Gasteiger partial charge < -0.3 is 41.9 Å². The van der Waals surface area contributed by atoms with Gasteiger partial charge in [-0.1, -0.05) is 48.0 Å². The molecule has 3 amide bonds. The number of benzene rings is 4. The number of rotatable bonds is 8. The summed E-state index contributed by atoms with van der Waals surface area (Å²) in [5, 5.41) is 40.8.